The molecule has 15 heavy (non-hydrogen) atoms. The average Bonchev–Trinajstić information content (AvgIpc) is 2.10. The SMILES string of the molecule is COC(=O)[C@H](CO)NC(=O)NC(C)(C)C. The van der Waals surface area contributed by atoms with E-state index in [1.165, 1.54) is 7.11 Å². The highest BCUT2D eigenvalue weighted by Crippen LogP contribution is 1.98. The molecule has 0 rings (SSSR count). The van der Waals surface area contributed by atoms with Crippen LogP contribution in [0.1, 0.15) is 20.8 Å². The number of hydrogen-bond donors (Lipinski definition) is 3. The fraction of sp³-hybridized carbons (Fsp3) is 0.778. The summed E-state index contributed by atoms with van der Waals surface area (Å²) in [7, 11) is 1.19. The Morgan fingerprint density at radius 2 is 1.93 bits per heavy atom. The van der Waals surface area contributed by atoms with Crippen LogP contribution in [0.5, 0.6) is 0 Å². The van der Waals surface area contributed by atoms with Crippen molar-refractivity contribution < 1.29 is 19.4 Å². The third kappa shape index (κ3) is 5.90. The highest BCUT2D eigenvalue weighted by Gasteiger charge is 2.22. The van der Waals surface area contributed by atoms with Crippen LogP contribution in [-0.4, -0.2) is 42.4 Å². The van der Waals surface area contributed by atoms with Gasteiger partial charge in [-0.15, -0.1) is 0 Å². The second-order valence-corrected chi connectivity index (χ2v) is 4.11. The number of aliphatic hydroxyl groups excluding tert-OH is 1. The van der Waals surface area contributed by atoms with Crippen LogP contribution in [-0.2, 0) is 9.53 Å². The summed E-state index contributed by atoms with van der Waals surface area (Å²) in [4.78, 5) is 22.3. The first kappa shape index (κ1) is 13.7. The maximum absolute atomic E-state index is 11.3. The Balaban J connectivity index is 4.20. The zero-order valence-electron chi connectivity index (χ0n) is 9.46. The molecule has 6 nitrogen and oxygen atoms in total. The number of esters is 1. The predicted octanol–water partition coefficient (Wildman–Crippen LogP) is -0.382. The molecule has 0 aliphatic rings. The molecule has 0 bridgehead atoms. The predicted molar refractivity (Wildman–Crippen MR) is 54.3 cm³/mol. The van der Waals surface area contributed by atoms with Crippen molar-refractivity contribution in [2.45, 2.75) is 32.4 Å². The fourth-order valence-corrected chi connectivity index (χ4v) is 0.856. The Morgan fingerprint density at radius 1 is 1.40 bits per heavy atom. The number of carbonyl (C=O) groups excluding carboxylic acids is 2. The average molecular weight is 218 g/mol. The molecule has 0 radical (unpaired) electrons. The van der Waals surface area contributed by atoms with Gasteiger partial charge in [0.2, 0.25) is 0 Å². The van der Waals surface area contributed by atoms with E-state index in [2.05, 4.69) is 15.4 Å². The number of nitrogens with one attached hydrogen (secondary N) is 2. The number of amides is 2. The van der Waals surface area contributed by atoms with E-state index in [1.54, 1.807) is 20.8 Å². The van der Waals surface area contributed by atoms with Gasteiger partial charge in [-0.2, -0.15) is 0 Å². The molecule has 0 aliphatic heterocycles. The molecule has 0 fully saturated rings. The molecule has 88 valence electrons. The van der Waals surface area contributed by atoms with E-state index in [9.17, 15) is 9.59 Å². The van der Waals surface area contributed by atoms with Crippen LogP contribution in [0.4, 0.5) is 4.79 Å². The third-order valence-corrected chi connectivity index (χ3v) is 1.46. The Morgan fingerprint density at radius 3 is 2.27 bits per heavy atom. The normalized spacial score (nSPS) is 12.9. The number of urea groups is 1. The molecule has 2 amide bonds. The molecule has 0 heterocycles. The molecule has 0 aromatic rings. The summed E-state index contributed by atoms with van der Waals surface area (Å²) >= 11 is 0. The highest BCUT2D eigenvalue weighted by molar-refractivity contribution is 5.83. The lowest BCUT2D eigenvalue weighted by Gasteiger charge is -2.22. The molecule has 0 aliphatic carbocycles. The molecule has 0 unspecified atom stereocenters. The number of aliphatic hydroxyl groups is 1. The molecule has 3 N–H and O–H groups in total. The quantitative estimate of drug-likeness (QED) is 0.563. The zero-order valence-corrected chi connectivity index (χ0v) is 9.46. The van der Waals surface area contributed by atoms with Crippen molar-refractivity contribution in [2.24, 2.45) is 0 Å². The summed E-state index contributed by atoms with van der Waals surface area (Å²) < 4.78 is 4.39. The van der Waals surface area contributed by atoms with Crippen molar-refractivity contribution in [2.75, 3.05) is 13.7 Å². The minimum absolute atomic E-state index is 0.403. The third-order valence-electron chi connectivity index (χ3n) is 1.46. The second-order valence-electron chi connectivity index (χ2n) is 4.11. The Kier molecular flexibility index (Phi) is 5.07. The van der Waals surface area contributed by atoms with Gasteiger partial charge in [0, 0.05) is 5.54 Å². The molecule has 0 saturated heterocycles. The van der Waals surface area contributed by atoms with E-state index >= 15 is 0 Å². The molecule has 0 saturated carbocycles. The smallest absolute Gasteiger partial charge is 0.330 e. The zero-order chi connectivity index (χ0) is 12.1. The summed E-state index contributed by atoms with van der Waals surface area (Å²) in [5, 5.41) is 13.7. The van der Waals surface area contributed by atoms with Gasteiger partial charge in [-0.05, 0) is 20.8 Å². The van der Waals surface area contributed by atoms with Crippen molar-refractivity contribution in [3.8, 4) is 0 Å². The van der Waals surface area contributed by atoms with Crippen molar-refractivity contribution >= 4 is 12.0 Å². The molecule has 1 atom stereocenters. The number of ether oxygens (including phenoxy) is 1. The summed E-state index contributed by atoms with van der Waals surface area (Å²) in [6, 6.07) is -1.55. The molecular formula is C9H18N2O4. The first-order valence-corrected chi connectivity index (χ1v) is 4.57. The van der Waals surface area contributed by atoms with Gasteiger partial charge in [0.15, 0.2) is 6.04 Å². The molecule has 0 spiro atoms. The van der Waals surface area contributed by atoms with Crippen LogP contribution in [0.15, 0.2) is 0 Å². The first-order chi connectivity index (χ1) is 6.80. The van der Waals surface area contributed by atoms with E-state index in [0.717, 1.165) is 0 Å². The van der Waals surface area contributed by atoms with Crippen LogP contribution < -0.4 is 10.6 Å². The van der Waals surface area contributed by atoms with Crippen molar-refractivity contribution in [1.29, 1.82) is 0 Å². The van der Waals surface area contributed by atoms with E-state index in [0.29, 0.717) is 0 Å². The van der Waals surface area contributed by atoms with Crippen molar-refractivity contribution in [3.05, 3.63) is 0 Å². The van der Waals surface area contributed by atoms with Crippen LogP contribution in [0.2, 0.25) is 0 Å². The number of hydrogen-bond acceptors (Lipinski definition) is 4. The Bertz CT molecular complexity index is 235. The van der Waals surface area contributed by atoms with E-state index in [4.69, 9.17) is 5.11 Å². The van der Waals surface area contributed by atoms with E-state index in [1.807, 2.05) is 0 Å². The summed E-state index contributed by atoms with van der Waals surface area (Å²) in [6.07, 6.45) is 0. The van der Waals surface area contributed by atoms with Crippen LogP contribution in [0.3, 0.4) is 0 Å². The molecule has 0 aromatic carbocycles. The van der Waals surface area contributed by atoms with Gasteiger partial charge in [-0.25, -0.2) is 9.59 Å². The maximum Gasteiger partial charge on any atom is 0.330 e. The molecule has 0 aromatic heterocycles. The van der Waals surface area contributed by atoms with E-state index < -0.39 is 30.2 Å². The van der Waals surface area contributed by atoms with Crippen LogP contribution in [0, 0.1) is 0 Å². The topological polar surface area (TPSA) is 87.7 Å². The van der Waals surface area contributed by atoms with Gasteiger partial charge >= 0.3 is 12.0 Å². The monoisotopic (exact) mass is 218 g/mol. The minimum atomic E-state index is -1.03. The minimum Gasteiger partial charge on any atom is -0.467 e. The summed E-state index contributed by atoms with van der Waals surface area (Å²) in [5.74, 6) is -0.679. The Hall–Kier alpha value is -1.30. The Labute approximate surface area is 89.0 Å². The number of rotatable bonds is 3. The largest absolute Gasteiger partial charge is 0.467 e. The van der Waals surface area contributed by atoms with Gasteiger partial charge < -0.3 is 20.5 Å². The highest BCUT2D eigenvalue weighted by atomic mass is 16.5. The summed E-state index contributed by atoms with van der Waals surface area (Å²) in [6.45, 7) is 4.92. The second kappa shape index (κ2) is 5.55. The molecular weight excluding hydrogens is 200 g/mol. The lowest BCUT2D eigenvalue weighted by atomic mass is 10.1. The lowest BCUT2D eigenvalue weighted by Crippen LogP contribution is -2.53. The first-order valence-electron chi connectivity index (χ1n) is 4.57. The van der Waals surface area contributed by atoms with Gasteiger partial charge in [0.1, 0.15) is 0 Å². The number of carbonyl (C=O) groups is 2. The summed E-state index contributed by atoms with van der Waals surface area (Å²) in [5.41, 5.74) is -0.403. The van der Waals surface area contributed by atoms with Crippen LogP contribution in [0.25, 0.3) is 0 Å². The van der Waals surface area contributed by atoms with Gasteiger partial charge in [0.05, 0.1) is 13.7 Å². The van der Waals surface area contributed by atoms with Crippen LogP contribution >= 0.6 is 0 Å². The van der Waals surface area contributed by atoms with Gasteiger partial charge in [-0.1, -0.05) is 0 Å². The van der Waals surface area contributed by atoms with Gasteiger partial charge in [0.25, 0.3) is 0 Å². The fourth-order valence-electron chi connectivity index (χ4n) is 0.856. The molecule has 6 heteroatoms. The standard InChI is InChI=1S/C9H18N2O4/c1-9(2,3)11-8(14)10-6(5-12)7(13)15-4/h6,12H,5H2,1-4H3,(H2,10,11,14)/t6-/m0/s1. The van der Waals surface area contributed by atoms with Gasteiger partial charge in [-0.3, -0.25) is 0 Å². The van der Waals surface area contributed by atoms with Crippen molar-refractivity contribution in [3.63, 3.8) is 0 Å². The maximum atomic E-state index is 11.3. The van der Waals surface area contributed by atoms with E-state index in [-0.39, 0.29) is 0 Å². The number of methoxy groups -OCH3 is 1. The lowest BCUT2D eigenvalue weighted by molar-refractivity contribution is -0.143. The van der Waals surface area contributed by atoms with Crippen molar-refractivity contribution in [1.82, 2.24) is 10.6 Å².